The minimum atomic E-state index is 0.295. The van der Waals surface area contributed by atoms with E-state index >= 15 is 0 Å². The summed E-state index contributed by atoms with van der Waals surface area (Å²) in [4.78, 5) is 5.93. The SMILES string of the molecule is CCCNC(C)c1cnc(C2COc3ccccc32)s1. The Hall–Kier alpha value is -1.39. The molecule has 4 heteroatoms. The van der Waals surface area contributed by atoms with Gasteiger partial charge in [-0.2, -0.15) is 0 Å². The Morgan fingerprint density at radius 3 is 3.15 bits per heavy atom. The van der Waals surface area contributed by atoms with E-state index in [4.69, 9.17) is 4.74 Å². The number of aromatic nitrogens is 1. The van der Waals surface area contributed by atoms with Gasteiger partial charge in [0.05, 0.1) is 5.92 Å². The summed E-state index contributed by atoms with van der Waals surface area (Å²) < 4.78 is 5.75. The van der Waals surface area contributed by atoms with E-state index in [1.165, 1.54) is 10.4 Å². The predicted molar refractivity (Wildman–Crippen MR) is 82.6 cm³/mol. The minimum absolute atomic E-state index is 0.295. The maximum Gasteiger partial charge on any atom is 0.123 e. The van der Waals surface area contributed by atoms with Gasteiger partial charge in [-0.25, -0.2) is 4.98 Å². The molecule has 1 aromatic heterocycles. The Bertz CT molecular complexity index is 581. The zero-order valence-electron chi connectivity index (χ0n) is 11.9. The van der Waals surface area contributed by atoms with Gasteiger partial charge in [-0.3, -0.25) is 0 Å². The van der Waals surface area contributed by atoms with Crippen molar-refractivity contribution in [3.05, 3.63) is 45.9 Å². The van der Waals surface area contributed by atoms with Gasteiger partial charge in [0.2, 0.25) is 0 Å². The number of hydrogen-bond donors (Lipinski definition) is 1. The van der Waals surface area contributed by atoms with Crippen LogP contribution in [-0.4, -0.2) is 18.1 Å². The third kappa shape index (κ3) is 2.58. The second-order valence-electron chi connectivity index (χ2n) is 5.18. The summed E-state index contributed by atoms with van der Waals surface area (Å²) in [6, 6.07) is 8.65. The van der Waals surface area contributed by atoms with Crippen LogP contribution in [0.3, 0.4) is 0 Å². The lowest BCUT2D eigenvalue weighted by Crippen LogP contribution is -2.18. The molecule has 0 fully saturated rings. The van der Waals surface area contributed by atoms with Gasteiger partial charge < -0.3 is 10.1 Å². The van der Waals surface area contributed by atoms with Crippen molar-refractivity contribution in [2.24, 2.45) is 0 Å². The Morgan fingerprint density at radius 1 is 1.45 bits per heavy atom. The van der Waals surface area contributed by atoms with Gasteiger partial charge in [0, 0.05) is 22.7 Å². The molecule has 2 atom stereocenters. The quantitative estimate of drug-likeness (QED) is 0.910. The zero-order chi connectivity index (χ0) is 13.9. The molecule has 0 aliphatic carbocycles. The number of nitrogens with one attached hydrogen (secondary N) is 1. The van der Waals surface area contributed by atoms with Crippen molar-refractivity contribution < 1.29 is 4.74 Å². The van der Waals surface area contributed by atoms with Crippen LogP contribution in [0.4, 0.5) is 0 Å². The highest BCUT2D eigenvalue weighted by molar-refractivity contribution is 7.11. The van der Waals surface area contributed by atoms with E-state index in [1.807, 2.05) is 18.3 Å². The molecule has 3 nitrogen and oxygen atoms in total. The highest BCUT2D eigenvalue weighted by Gasteiger charge is 2.28. The zero-order valence-corrected chi connectivity index (χ0v) is 12.7. The number of fused-ring (bicyclic) bond motifs is 1. The first kappa shape index (κ1) is 13.6. The number of hydrogen-bond acceptors (Lipinski definition) is 4. The van der Waals surface area contributed by atoms with Gasteiger partial charge in [0.15, 0.2) is 0 Å². The van der Waals surface area contributed by atoms with Crippen molar-refractivity contribution in [3.63, 3.8) is 0 Å². The Morgan fingerprint density at radius 2 is 2.30 bits per heavy atom. The number of nitrogens with zero attached hydrogens (tertiary/aromatic N) is 1. The lowest BCUT2D eigenvalue weighted by Gasteiger charge is -2.10. The molecule has 2 heterocycles. The van der Waals surface area contributed by atoms with Crippen molar-refractivity contribution in [1.29, 1.82) is 0 Å². The second-order valence-corrected chi connectivity index (χ2v) is 6.27. The molecule has 0 saturated carbocycles. The number of benzene rings is 1. The molecule has 0 radical (unpaired) electrons. The molecule has 2 aromatic rings. The predicted octanol–water partition coefficient (Wildman–Crippen LogP) is 3.73. The third-order valence-corrected chi connectivity index (χ3v) is 4.96. The molecular weight excluding hydrogens is 268 g/mol. The van der Waals surface area contributed by atoms with Gasteiger partial charge >= 0.3 is 0 Å². The summed E-state index contributed by atoms with van der Waals surface area (Å²) in [6.07, 6.45) is 3.16. The van der Waals surface area contributed by atoms with Crippen LogP contribution in [0.5, 0.6) is 5.75 Å². The molecule has 20 heavy (non-hydrogen) atoms. The van der Waals surface area contributed by atoms with Crippen LogP contribution in [0.1, 0.15) is 47.7 Å². The highest BCUT2D eigenvalue weighted by Crippen LogP contribution is 2.39. The molecule has 0 spiro atoms. The van der Waals surface area contributed by atoms with Crippen molar-refractivity contribution >= 4 is 11.3 Å². The second kappa shape index (κ2) is 5.94. The normalized spacial score (nSPS) is 18.6. The third-order valence-electron chi connectivity index (χ3n) is 3.67. The van der Waals surface area contributed by atoms with Crippen LogP contribution in [0.25, 0.3) is 0 Å². The smallest absolute Gasteiger partial charge is 0.123 e. The van der Waals surface area contributed by atoms with E-state index in [0.29, 0.717) is 18.6 Å². The monoisotopic (exact) mass is 288 g/mol. The molecule has 2 unspecified atom stereocenters. The molecule has 3 rings (SSSR count). The first-order valence-electron chi connectivity index (χ1n) is 7.20. The van der Waals surface area contributed by atoms with Gasteiger partial charge in [0.25, 0.3) is 0 Å². The fraction of sp³-hybridized carbons (Fsp3) is 0.438. The summed E-state index contributed by atoms with van der Waals surface area (Å²) in [5.74, 6) is 1.30. The maximum absolute atomic E-state index is 5.75. The van der Waals surface area contributed by atoms with Crippen LogP contribution >= 0.6 is 11.3 Å². The van der Waals surface area contributed by atoms with Crippen molar-refractivity contribution in [1.82, 2.24) is 10.3 Å². The van der Waals surface area contributed by atoms with Gasteiger partial charge in [-0.15, -0.1) is 11.3 Å². The average molecular weight is 288 g/mol. The summed E-state index contributed by atoms with van der Waals surface area (Å²) in [5, 5.41) is 4.67. The van der Waals surface area contributed by atoms with E-state index in [9.17, 15) is 0 Å². The highest BCUT2D eigenvalue weighted by atomic mass is 32.1. The number of ether oxygens (including phenoxy) is 1. The first-order chi connectivity index (χ1) is 9.79. The molecule has 0 bridgehead atoms. The Labute approximate surface area is 124 Å². The summed E-state index contributed by atoms with van der Waals surface area (Å²) in [6.45, 7) is 6.14. The molecular formula is C16H20N2OS. The summed E-state index contributed by atoms with van der Waals surface area (Å²) in [7, 11) is 0. The molecule has 0 amide bonds. The van der Waals surface area contributed by atoms with E-state index in [2.05, 4.69) is 36.3 Å². The first-order valence-corrected chi connectivity index (χ1v) is 8.02. The molecule has 106 valence electrons. The number of rotatable bonds is 5. The fourth-order valence-corrected chi connectivity index (χ4v) is 3.54. The fourth-order valence-electron chi connectivity index (χ4n) is 2.49. The van der Waals surface area contributed by atoms with Gasteiger partial charge in [-0.1, -0.05) is 25.1 Å². The average Bonchev–Trinajstić information content (AvgIpc) is 3.10. The van der Waals surface area contributed by atoms with E-state index in [0.717, 1.165) is 23.7 Å². The number of para-hydroxylation sites is 1. The van der Waals surface area contributed by atoms with Crippen LogP contribution in [0.2, 0.25) is 0 Å². The van der Waals surface area contributed by atoms with Gasteiger partial charge in [-0.05, 0) is 26.0 Å². The van der Waals surface area contributed by atoms with Crippen LogP contribution in [-0.2, 0) is 0 Å². The van der Waals surface area contributed by atoms with Gasteiger partial charge in [0.1, 0.15) is 17.4 Å². The molecule has 1 aromatic carbocycles. The molecule has 1 aliphatic heterocycles. The van der Waals surface area contributed by atoms with Crippen LogP contribution < -0.4 is 10.1 Å². The largest absolute Gasteiger partial charge is 0.492 e. The lowest BCUT2D eigenvalue weighted by atomic mass is 10.0. The molecule has 0 saturated heterocycles. The van der Waals surface area contributed by atoms with E-state index in [-0.39, 0.29) is 0 Å². The lowest BCUT2D eigenvalue weighted by molar-refractivity contribution is 0.343. The maximum atomic E-state index is 5.75. The topological polar surface area (TPSA) is 34.2 Å². The number of thiazole rings is 1. The standard InChI is InChI=1S/C16H20N2OS/c1-3-8-17-11(2)15-9-18-16(20-15)13-10-19-14-7-5-4-6-12(13)14/h4-7,9,11,13,17H,3,8,10H2,1-2H3. The van der Waals surface area contributed by atoms with Crippen LogP contribution in [0, 0.1) is 0 Å². The van der Waals surface area contributed by atoms with Crippen molar-refractivity contribution in [3.8, 4) is 5.75 Å². The Balaban J connectivity index is 1.78. The minimum Gasteiger partial charge on any atom is -0.492 e. The van der Waals surface area contributed by atoms with Crippen LogP contribution in [0.15, 0.2) is 30.5 Å². The summed E-state index contributed by atoms with van der Waals surface area (Å²) >= 11 is 1.80. The van der Waals surface area contributed by atoms with Crippen molar-refractivity contribution in [2.45, 2.75) is 32.2 Å². The summed E-state index contributed by atoms with van der Waals surface area (Å²) in [5.41, 5.74) is 1.27. The molecule has 1 aliphatic rings. The van der Waals surface area contributed by atoms with E-state index in [1.54, 1.807) is 11.3 Å². The molecule has 1 N–H and O–H groups in total. The Kier molecular flexibility index (Phi) is 4.03. The van der Waals surface area contributed by atoms with E-state index < -0.39 is 0 Å². The van der Waals surface area contributed by atoms with Crippen molar-refractivity contribution in [2.75, 3.05) is 13.2 Å².